The number of anilines is 1. The maximum absolute atomic E-state index is 13.4. The van der Waals surface area contributed by atoms with E-state index in [-0.39, 0.29) is 36.2 Å². The van der Waals surface area contributed by atoms with Crippen molar-refractivity contribution in [1.29, 1.82) is 0 Å². The summed E-state index contributed by atoms with van der Waals surface area (Å²) in [6.07, 6.45) is 1.21. The van der Waals surface area contributed by atoms with Gasteiger partial charge in [0.05, 0.1) is 20.1 Å². The van der Waals surface area contributed by atoms with Crippen molar-refractivity contribution in [2.24, 2.45) is 0 Å². The number of rotatable bonds is 7. The molecule has 0 aliphatic rings. The van der Waals surface area contributed by atoms with Crippen molar-refractivity contribution in [3.63, 3.8) is 0 Å². The maximum atomic E-state index is 13.4. The number of esters is 1. The first-order valence-corrected chi connectivity index (χ1v) is 9.99. The molecule has 0 saturated heterocycles. The SMILES string of the molecule is COC(=O)c1ccc(CNC(=O)c2cc(NC(=O)Cc3ccc(F)c(C)c3)ncn2)s1. The van der Waals surface area contributed by atoms with Crippen LogP contribution >= 0.6 is 11.3 Å². The molecule has 2 heterocycles. The number of ether oxygens (including phenoxy) is 1. The Hall–Kier alpha value is -3.66. The fourth-order valence-electron chi connectivity index (χ4n) is 2.68. The van der Waals surface area contributed by atoms with Gasteiger partial charge in [-0.05, 0) is 36.2 Å². The van der Waals surface area contributed by atoms with E-state index in [1.165, 1.54) is 43.0 Å². The fourth-order valence-corrected chi connectivity index (χ4v) is 3.55. The highest BCUT2D eigenvalue weighted by atomic mass is 32.1. The highest BCUT2D eigenvalue weighted by molar-refractivity contribution is 7.13. The van der Waals surface area contributed by atoms with Crippen molar-refractivity contribution in [2.45, 2.75) is 19.9 Å². The third-order valence-corrected chi connectivity index (χ3v) is 5.29. The summed E-state index contributed by atoms with van der Waals surface area (Å²) < 4.78 is 18.0. The van der Waals surface area contributed by atoms with Gasteiger partial charge in [-0.3, -0.25) is 9.59 Å². The van der Waals surface area contributed by atoms with Crippen LogP contribution in [-0.4, -0.2) is 34.9 Å². The molecule has 0 aliphatic carbocycles. The van der Waals surface area contributed by atoms with Gasteiger partial charge in [-0.15, -0.1) is 11.3 Å². The van der Waals surface area contributed by atoms with Crippen molar-refractivity contribution >= 4 is 34.9 Å². The number of carbonyl (C=O) groups is 3. The number of thiophene rings is 1. The van der Waals surface area contributed by atoms with Crippen molar-refractivity contribution in [2.75, 3.05) is 12.4 Å². The number of methoxy groups -OCH3 is 1. The van der Waals surface area contributed by atoms with Crippen LogP contribution in [0, 0.1) is 12.7 Å². The highest BCUT2D eigenvalue weighted by Gasteiger charge is 2.13. The first-order valence-electron chi connectivity index (χ1n) is 9.18. The van der Waals surface area contributed by atoms with Gasteiger partial charge in [0.1, 0.15) is 28.5 Å². The number of amides is 2. The largest absolute Gasteiger partial charge is 0.465 e. The molecular weight excluding hydrogens is 423 g/mol. The lowest BCUT2D eigenvalue weighted by molar-refractivity contribution is -0.115. The second kappa shape index (κ2) is 9.90. The van der Waals surface area contributed by atoms with E-state index in [0.717, 1.165) is 4.88 Å². The first kappa shape index (κ1) is 22.0. The lowest BCUT2D eigenvalue weighted by Gasteiger charge is -2.07. The van der Waals surface area contributed by atoms with Crippen molar-refractivity contribution in [3.05, 3.63) is 75.1 Å². The van der Waals surface area contributed by atoms with Crippen LogP contribution in [0.3, 0.4) is 0 Å². The molecule has 0 aliphatic heterocycles. The Labute approximate surface area is 181 Å². The molecule has 2 aromatic heterocycles. The van der Waals surface area contributed by atoms with Gasteiger partial charge in [0.2, 0.25) is 5.91 Å². The first-order chi connectivity index (χ1) is 14.9. The second-order valence-electron chi connectivity index (χ2n) is 6.54. The summed E-state index contributed by atoms with van der Waals surface area (Å²) >= 11 is 1.21. The van der Waals surface area contributed by atoms with Gasteiger partial charge in [0, 0.05) is 10.9 Å². The standard InChI is InChI=1S/C21H19FN4O4S/c1-12-7-13(3-5-15(12)22)8-19(27)26-18-9-16(24-11-25-18)20(28)23-10-14-4-6-17(31-14)21(29)30-2/h3-7,9,11H,8,10H2,1-2H3,(H,23,28)(H,24,25,26,27). The number of hydrogen-bond donors (Lipinski definition) is 2. The summed E-state index contributed by atoms with van der Waals surface area (Å²) in [7, 11) is 1.30. The third kappa shape index (κ3) is 5.92. The molecule has 3 aromatic rings. The summed E-state index contributed by atoms with van der Waals surface area (Å²) in [5.41, 5.74) is 1.19. The molecule has 1 aromatic carbocycles. The average Bonchev–Trinajstić information content (AvgIpc) is 3.23. The molecule has 0 radical (unpaired) electrons. The number of carbonyl (C=O) groups excluding carboxylic acids is 3. The van der Waals surface area contributed by atoms with Crippen LogP contribution in [-0.2, 0) is 22.5 Å². The quantitative estimate of drug-likeness (QED) is 0.545. The molecule has 0 saturated carbocycles. The number of aromatic nitrogens is 2. The summed E-state index contributed by atoms with van der Waals surface area (Å²) in [6.45, 7) is 1.83. The van der Waals surface area contributed by atoms with E-state index in [1.54, 1.807) is 25.1 Å². The molecule has 160 valence electrons. The van der Waals surface area contributed by atoms with Crippen LogP contribution < -0.4 is 10.6 Å². The van der Waals surface area contributed by atoms with E-state index in [9.17, 15) is 18.8 Å². The van der Waals surface area contributed by atoms with Gasteiger partial charge in [0.25, 0.3) is 5.91 Å². The van der Waals surface area contributed by atoms with Gasteiger partial charge in [-0.25, -0.2) is 19.2 Å². The highest BCUT2D eigenvalue weighted by Crippen LogP contribution is 2.17. The van der Waals surface area contributed by atoms with Crippen molar-refractivity contribution < 1.29 is 23.5 Å². The Bertz CT molecular complexity index is 1130. The molecule has 3 rings (SSSR count). The summed E-state index contributed by atoms with van der Waals surface area (Å²) in [5, 5.41) is 5.30. The Morgan fingerprint density at radius 3 is 2.68 bits per heavy atom. The molecular formula is C21H19FN4O4S. The van der Waals surface area contributed by atoms with E-state index in [0.29, 0.717) is 16.0 Å². The average molecular weight is 442 g/mol. The Morgan fingerprint density at radius 2 is 1.94 bits per heavy atom. The van der Waals surface area contributed by atoms with Gasteiger partial charge < -0.3 is 15.4 Å². The zero-order valence-electron chi connectivity index (χ0n) is 16.8. The fraction of sp³-hybridized carbons (Fsp3) is 0.190. The van der Waals surface area contributed by atoms with Gasteiger partial charge in [0.15, 0.2) is 0 Å². The summed E-state index contributed by atoms with van der Waals surface area (Å²) in [5.74, 6) is -1.41. The van der Waals surface area contributed by atoms with Crippen molar-refractivity contribution in [3.8, 4) is 0 Å². The Kier molecular flexibility index (Phi) is 7.03. The summed E-state index contributed by atoms with van der Waals surface area (Å²) in [6, 6.07) is 9.16. The van der Waals surface area contributed by atoms with Gasteiger partial charge in [-0.2, -0.15) is 0 Å². The Morgan fingerprint density at radius 1 is 1.13 bits per heavy atom. The van der Waals surface area contributed by atoms with E-state index >= 15 is 0 Å². The number of aryl methyl sites for hydroxylation is 1. The van der Waals surface area contributed by atoms with E-state index in [4.69, 9.17) is 0 Å². The predicted molar refractivity (Wildman–Crippen MR) is 112 cm³/mol. The minimum Gasteiger partial charge on any atom is -0.465 e. The summed E-state index contributed by atoms with van der Waals surface area (Å²) in [4.78, 5) is 45.2. The second-order valence-corrected chi connectivity index (χ2v) is 7.71. The predicted octanol–water partition coefficient (Wildman–Crippen LogP) is 2.88. The molecule has 0 unspecified atom stereocenters. The molecule has 10 heteroatoms. The lowest BCUT2D eigenvalue weighted by atomic mass is 10.1. The molecule has 2 N–H and O–H groups in total. The van der Waals surface area contributed by atoms with Crippen molar-refractivity contribution in [1.82, 2.24) is 15.3 Å². The minimum absolute atomic E-state index is 0.0353. The third-order valence-electron chi connectivity index (χ3n) is 4.23. The molecule has 0 atom stereocenters. The van der Waals surface area contributed by atoms with E-state index in [1.807, 2.05) is 0 Å². The minimum atomic E-state index is -0.458. The normalized spacial score (nSPS) is 10.4. The number of benzene rings is 1. The molecule has 31 heavy (non-hydrogen) atoms. The van der Waals surface area contributed by atoms with E-state index in [2.05, 4.69) is 25.3 Å². The molecule has 0 bridgehead atoms. The molecule has 8 nitrogen and oxygen atoms in total. The Balaban J connectivity index is 1.58. The monoisotopic (exact) mass is 442 g/mol. The zero-order valence-corrected chi connectivity index (χ0v) is 17.6. The van der Waals surface area contributed by atoms with Crippen LogP contribution in [0.4, 0.5) is 10.2 Å². The number of nitrogens with zero attached hydrogens (tertiary/aromatic N) is 2. The van der Waals surface area contributed by atoms with Crippen LogP contribution in [0.25, 0.3) is 0 Å². The van der Waals surface area contributed by atoms with Crippen LogP contribution in [0.5, 0.6) is 0 Å². The van der Waals surface area contributed by atoms with Gasteiger partial charge >= 0.3 is 5.97 Å². The number of nitrogens with one attached hydrogen (secondary N) is 2. The molecule has 0 fully saturated rings. The lowest BCUT2D eigenvalue weighted by Crippen LogP contribution is -2.24. The van der Waals surface area contributed by atoms with Crippen LogP contribution in [0.2, 0.25) is 0 Å². The maximum Gasteiger partial charge on any atom is 0.348 e. The topological polar surface area (TPSA) is 110 Å². The molecule has 0 spiro atoms. The zero-order chi connectivity index (χ0) is 22.4. The number of halogens is 1. The smallest absolute Gasteiger partial charge is 0.348 e. The van der Waals surface area contributed by atoms with Crippen LogP contribution in [0.15, 0.2) is 42.7 Å². The van der Waals surface area contributed by atoms with Gasteiger partial charge in [-0.1, -0.05) is 12.1 Å². The van der Waals surface area contributed by atoms with E-state index < -0.39 is 11.9 Å². The van der Waals surface area contributed by atoms with Crippen LogP contribution in [0.1, 0.15) is 36.2 Å². The number of hydrogen-bond acceptors (Lipinski definition) is 7. The molecule has 2 amide bonds.